The zero-order valence-electron chi connectivity index (χ0n) is 17.4. The lowest BCUT2D eigenvalue weighted by molar-refractivity contribution is 0.0800. The molecule has 1 fully saturated rings. The maximum Gasteiger partial charge on any atom is 0.0518 e. The molecule has 0 saturated heterocycles. The molecule has 0 aliphatic heterocycles. The Bertz CT molecular complexity index is 263. The van der Waals surface area contributed by atoms with Gasteiger partial charge in [-0.05, 0) is 44.1 Å². The quantitative estimate of drug-likeness (QED) is 0.213. The molecule has 0 aromatic carbocycles. The van der Waals surface area contributed by atoms with Gasteiger partial charge in [0.05, 0.1) is 6.10 Å². The molecule has 0 N–H and O–H groups in total. The molecule has 1 nitrogen and oxygen atoms in total. The van der Waals surface area contributed by atoms with E-state index in [1.807, 2.05) is 0 Å². The summed E-state index contributed by atoms with van der Waals surface area (Å²) in [6, 6.07) is 0. The van der Waals surface area contributed by atoms with E-state index in [1.165, 1.54) is 114 Å². The number of unbranched alkanes of at least 4 members (excludes halogenated alkanes) is 10. The van der Waals surface area contributed by atoms with E-state index in [2.05, 4.69) is 25.6 Å². The van der Waals surface area contributed by atoms with Crippen molar-refractivity contribution in [2.75, 3.05) is 18.1 Å². The lowest BCUT2D eigenvalue weighted by atomic mass is 9.81. The van der Waals surface area contributed by atoms with Gasteiger partial charge in [0.1, 0.15) is 0 Å². The van der Waals surface area contributed by atoms with Crippen LogP contribution in [0.2, 0.25) is 0 Å². The molecule has 0 unspecified atom stereocenters. The summed E-state index contributed by atoms with van der Waals surface area (Å²) in [7, 11) is 0. The van der Waals surface area contributed by atoms with Gasteiger partial charge >= 0.3 is 0 Å². The predicted molar refractivity (Wildman–Crippen MR) is 116 cm³/mol. The highest BCUT2D eigenvalue weighted by Crippen LogP contribution is 2.31. The van der Waals surface area contributed by atoms with Crippen LogP contribution < -0.4 is 0 Å². The predicted octanol–water partition coefficient (Wildman–Crippen LogP) is 8.02. The lowest BCUT2D eigenvalue weighted by Gasteiger charge is -2.24. The third-order valence-corrected chi connectivity index (χ3v) is 6.66. The third-order valence-electron chi connectivity index (χ3n) is 5.51. The average molecular weight is 371 g/mol. The number of hydrogen-bond acceptors (Lipinski definition) is 2. The van der Waals surface area contributed by atoms with E-state index >= 15 is 0 Å². The Labute approximate surface area is 163 Å². The van der Waals surface area contributed by atoms with E-state index in [1.54, 1.807) is 0 Å². The van der Waals surface area contributed by atoms with Gasteiger partial charge in [0.15, 0.2) is 0 Å². The van der Waals surface area contributed by atoms with E-state index in [0.29, 0.717) is 6.10 Å². The molecule has 1 rings (SSSR count). The van der Waals surface area contributed by atoms with E-state index in [-0.39, 0.29) is 0 Å². The zero-order valence-corrected chi connectivity index (χ0v) is 18.2. The van der Waals surface area contributed by atoms with Crippen LogP contribution in [-0.4, -0.2) is 24.2 Å². The van der Waals surface area contributed by atoms with Crippen LogP contribution in [0.15, 0.2) is 0 Å². The molecule has 0 radical (unpaired) electrons. The van der Waals surface area contributed by atoms with Crippen molar-refractivity contribution < 1.29 is 4.74 Å². The number of thioether (sulfide) groups is 1. The Kier molecular flexibility index (Phi) is 16.5. The minimum absolute atomic E-state index is 0.391. The van der Waals surface area contributed by atoms with Crippen molar-refractivity contribution >= 4 is 11.8 Å². The molecule has 0 amide bonds. The summed E-state index contributed by atoms with van der Waals surface area (Å²) in [6.45, 7) is 5.17. The summed E-state index contributed by atoms with van der Waals surface area (Å²) < 4.78 is 5.56. The highest BCUT2D eigenvalue weighted by Gasteiger charge is 2.15. The molecule has 25 heavy (non-hydrogen) atoms. The first-order valence-electron chi connectivity index (χ1n) is 11.5. The normalized spacial score (nSPS) is 15.0. The second-order valence-electron chi connectivity index (χ2n) is 8.36. The summed E-state index contributed by atoms with van der Waals surface area (Å²) >= 11 is 2.11. The van der Waals surface area contributed by atoms with Crippen molar-refractivity contribution in [3.63, 3.8) is 0 Å². The first-order valence-corrected chi connectivity index (χ1v) is 12.6. The van der Waals surface area contributed by atoms with E-state index in [0.717, 1.165) is 12.5 Å². The van der Waals surface area contributed by atoms with E-state index in [4.69, 9.17) is 4.74 Å². The molecular weight excluding hydrogens is 324 g/mol. The van der Waals surface area contributed by atoms with Crippen molar-refractivity contribution in [1.29, 1.82) is 0 Å². The maximum atomic E-state index is 5.56. The van der Waals surface area contributed by atoms with Gasteiger partial charge in [0, 0.05) is 6.61 Å². The molecule has 0 atom stereocenters. The Hall–Kier alpha value is 0.310. The maximum absolute atomic E-state index is 5.56. The fourth-order valence-corrected chi connectivity index (χ4v) is 4.53. The van der Waals surface area contributed by atoms with Gasteiger partial charge in [0.25, 0.3) is 0 Å². The molecule has 0 aromatic rings. The average Bonchev–Trinajstić information content (AvgIpc) is 2.55. The van der Waals surface area contributed by atoms with Gasteiger partial charge in [-0.15, -0.1) is 0 Å². The minimum atomic E-state index is 0.391. The van der Waals surface area contributed by atoms with E-state index in [9.17, 15) is 0 Å². The standard InChI is InChI=1S/C23H46OS/c1-22(2)24-19-15-21-25-20-13-11-9-7-5-3-4-6-8-10-12-16-23-17-14-18-23/h22-23H,3-21H2,1-2H3. The Morgan fingerprint density at radius 1 is 0.720 bits per heavy atom. The van der Waals surface area contributed by atoms with Gasteiger partial charge < -0.3 is 4.74 Å². The van der Waals surface area contributed by atoms with Gasteiger partial charge in [-0.2, -0.15) is 11.8 Å². The van der Waals surface area contributed by atoms with E-state index < -0.39 is 0 Å². The molecule has 0 aromatic heterocycles. The van der Waals surface area contributed by atoms with Gasteiger partial charge in [-0.25, -0.2) is 0 Å². The topological polar surface area (TPSA) is 9.23 Å². The van der Waals surface area contributed by atoms with Gasteiger partial charge in [-0.1, -0.05) is 89.9 Å². The molecule has 1 saturated carbocycles. The summed E-state index contributed by atoms with van der Waals surface area (Å²) in [5.74, 6) is 3.74. The summed E-state index contributed by atoms with van der Waals surface area (Å²) in [5.41, 5.74) is 0. The summed E-state index contributed by atoms with van der Waals surface area (Å²) in [4.78, 5) is 0. The second kappa shape index (κ2) is 17.7. The minimum Gasteiger partial charge on any atom is -0.379 e. The third kappa shape index (κ3) is 16.2. The van der Waals surface area contributed by atoms with Crippen molar-refractivity contribution in [3.05, 3.63) is 0 Å². The molecule has 150 valence electrons. The zero-order chi connectivity index (χ0) is 18.0. The SMILES string of the molecule is CC(C)OCCCSCCCCCCCCCCCCCC1CCC1. The largest absolute Gasteiger partial charge is 0.379 e. The van der Waals surface area contributed by atoms with Crippen molar-refractivity contribution in [2.45, 2.75) is 123 Å². The molecule has 0 bridgehead atoms. The molecular formula is C23H46OS. The van der Waals surface area contributed by atoms with Crippen LogP contribution in [0.25, 0.3) is 0 Å². The van der Waals surface area contributed by atoms with Crippen LogP contribution in [-0.2, 0) is 4.74 Å². The van der Waals surface area contributed by atoms with Crippen LogP contribution in [0.3, 0.4) is 0 Å². The number of hydrogen-bond donors (Lipinski definition) is 0. The van der Waals surface area contributed by atoms with Crippen molar-refractivity contribution in [3.8, 4) is 0 Å². The Morgan fingerprint density at radius 3 is 1.76 bits per heavy atom. The number of ether oxygens (including phenoxy) is 1. The first-order chi connectivity index (χ1) is 12.3. The summed E-state index contributed by atoms with van der Waals surface area (Å²) in [5, 5.41) is 0. The Balaban J connectivity index is 1.61. The first kappa shape index (κ1) is 23.3. The van der Waals surface area contributed by atoms with Crippen LogP contribution in [0.1, 0.15) is 117 Å². The number of rotatable bonds is 19. The van der Waals surface area contributed by atoms with Crippen LogP contribution in [0.4, 0.5) is 0 Å². The summed E-state index contributed by atoms with van der Waals surface area (Å²) in [6.07, 6.45) is 23.9. The Morgan fingerprint density at radius 2 is 1.24 bits per heavy atom. The smallest absolute Gasteiger partial charge is 0.0518 e. The van der Waals surface area contributed by atoms with Crippen LogP contribution in [0, 0.1) is 5.92 Å². The highest BCUT2D eigenvalue weighted by atomic mass is 32.2. The van der Waals surface area contributed by atoms with Crippen LogP contribution >= 0.6 is 11.8 Å². The fraction of sp³-hybridized carbons (Fsp3) is 1.00. The molecule has 1 aliphatic rings. The van der Waals surface area contributed by atoms with Crippen LogP contribution in [0.5, 0.6) is 0 Å². The van der Waals surface area contributed by atoms with Crippen molar-refractivity contribution in [2.24, 2.45) is 5.92 Å². The molecule has 0 heterocycles. The molecule has 0 spiro atoms. The van der Waals surface area contributed by atoms with Gasteiger partial charge in [-0.3, -0.25) is 0 Å². The fourth-order valence-electron chi connectivity index (χ4n) is 3.59. The highest BCUT2D eigenvalue weighted by molar-refractivity contribution is 7.99. The lowest BCUT2D eigenvalue weighted by Crippen LogP contribution is -2.10. The second-order valence-corrected chi connectivity index (χ2v) is 9.58. The van der Waals surface area contributed by atoms with Crippen molar-refractivity contribution in [1.82, 2.24) is 0 Å². The molecule has 1 aliphatic carbocycles. The monoisotopic (exact) mass is 370 g/mol. The molecule has 2 heteroatoms. The van der Waals surface area contributed by atoms with Gasteiger partial charge in [0.2, 0.25) is 0 Å².